The van der Waals surface area contributed by atoms with Crippen molar-refractivity contribution in [1.29, 1.82) is 0 Å². The van der Waals surface area contributed by atoms with Crippen LogP contribution in [0.25, 0.3) is 0 Å². The third kappa shape index (κ3) is 2.74. The second-order valence-corrected chi connectivity index (χ2v) is 5.02. The van der Waals surface area contributed by atoms with Gasteiger partial charge in [-0.25, -0.2) is 0 Å². The molecule has 0 saturated carbocycles. The normalized spacial score (nSPS) is 10.8. The number of hydrogen-bond donors (Lipinski definition) is 1. The van der Waals surface area contributed by atoms with Crippen LogP contribution in [-0.2, 0) is 20.2 Å². The van der Waals surface area contributed by atoms with Crippen LogP contribution >= 0.6 is 11.6 Å². The lowest BCUT2D eigenvalue weighted by atomic mass is 10.2. The average molecular weight is 280 g/mol. The molecule has 0 bridgehead atoms. The fraction of sp³-hybridized carbons (Fsp3) is 0.357. The number of hydrogen-bond acceptors (Lipinski definition) is 3. The van der Waals surface area contributed by atoms with Crippen molar-refractivity contribution in [1.82, 2.24) is 9.78 Å². The maximum absolute atomic E-state index is 9.48. The molecular formula is C14H18ClN3O. The van der Waals surface area contributed by atoms with Gasteiger partial charge in [-0.2, -0.15) is 5.10 Å². The van der Waals surface area contributed by atoms with E-state index in [0.29, 0.717) is 6.54 Å². The summed E-state index contributed by atoms with van der Waals surface area (Å²) < 4.78 is 1.79. The minimum absolute atomic E-state index is 0.0120. The smallest absolute Gasteiger partial charge is 0.132 e. The quantitative estimate of drug-likeness (QED) is 0.935. The largest absolute Gasteiger partial charge is 0.391 e. The fourth-order valence-electron chi connectivity index (χ4n) is 2.31. The van der Waals surface area contributed by atoms with E-state index in [9.17, 15) is 5.11 Å². The lowest BCUT2D eigenvalue weighted by Crippen LogP contribution is -2.21. The second-order valence-electron chi connectivity index (χ2n) is 4.62. The van der Waals surface area contributed by atoms with Gasteiger partial charge in [-0.1, -0.05) is 29.8 Å². The number of aryl methyl sites for hydroxylation is 2. The monoisotopic (exact) mass is 279 g/mol. The summed E-state index contributed by atoms with van der Waals surface area (Å²) in [6, 6.07) is 7.77. The van der Waals surface area contributed by atoms with Gasteiger partial charge in [-0.15, -0.1) is 0 Å². The average Bonchev–Trinajstić information content (AvgIpc) is 2.66. The first-order valence-electron chi connectivity index (χ1n) is 6.12. The van der Waals surface area contributed by atoms with Crippen LogP contribution in [0.5, 0.6) is 0 Å². The summed E-state index contributed by atoms with van der Waals surface area (Å²) in [5.74, 6) is 0.917. The van der Waals surface area contributed by atoms with Crippen molar-refractivity contribution < 1.29 is 5.11 Å². The zero-order valence-corrected chi connectivity index (χ0v) is 12.1. The highest BCUT2D eigenvalue weighted by molar-refractivity contribution is 6.31. The minimum Gasteiger partial charge on any atom is -0.391 e. The maximum Gasteiger partial charge on any atom is 0.132 e. The molecule has 1 heterocycles. The Labute approximate surface area is 118 Å². The second kappa shape index (κ2) is 5.63. The van der Waals surface area contributed by atoms with Crippen LogP contribution in [0.15, 0.2) is 24.3 Å². The van der Waals surface area contributed by atoms with E-state index in [-0.39, 0.29) is 6.61 Å². The number of aromatic nitrogens is 2. The molecule has 0 fully saturated rings. The van der Waals surface area contributed by atoms with E-state index in [4.69, 9.17) is 11.6 Å². The third-order valence-electron chi connectivity index (χ3n) is 3.20. The standard InChI is InChI=1S/C14H18ClN3O/c1-10-12(9-19)14(18(3)16-10)17(2)8-11-6-4-5-7-13(11)15/h4-7,19H,8-9H2,1-3H3. The number of benzene rings is 1. The van der Waals surface area contributed by atoms with Gasteiger partial charge in [0, 0.05) is 31.2 Å². The SMILES string of the molecule is Cc1nn(C)c(N(C)Cc2ccccc2Cl)c1CO. The molecule has 5 heteroatoms. The van der Waals surface area contributed by atoms with Gasteiger partial charge in [-0.05, 0) is 18.6 Å². The molecule has 0 atom stereocenters. The van der Waals surface area contributed by atoms with Crippen LogP contribution in [0.2, 0.25) is 5.02 Å². The number of aliphatic hydroxyl groups is 1. The van der Waals surface area contributed by atoms with Crippen LogP contribution in [0, 0.1) is 6.92 Å². The van der Waals surface area contributed by atoms with Crippen molar-refractivity contribution in [3.63, 3.8) is 0 Å². The molecule has 1 aromatic heterocycles. The number of anilines is 1. The number of rotatable bonds is 4. The van der Waals surface area contributed by atoms with Crippen LogP contribution in [0.3, 0.4) is 0 Å². The molecule has 0 aliphatic heterocycles. The van der Waals surface area contributed by atoms with Crippen LogP contribution in [-0.4, -0.2) is 21.9 Å². The zero-order valence-electron chi connectivity index (χ0n) is 11.4. The molecule has 0 radical (unpaired) electrons. The van der Waals surface area contributed by atoms with E-state index >= 15 is 0 Å². The van der Waals surface area contributed by atoms with E-state index < -0.39 is 0 Å². The Morgan fingerprint density at radius 1 is 1.37 bits per heavy atom. The summed E-state index contributed by atoms with van der Waals surface area (Å²) in [4.78, 5) is 2.05. The number of nitrogens with zero attached hydrogens (tertiary/aromatic N) is 3. The van der Waals surface area contributed by atoms with E-state index in [0.717, 1.165) is 27.7 Å². The Kier molecular flexibility index (Phi) is 4.12. The van der Waals surface area contributed by atoms with E-state index in [1.54, 1.807) is 4.68 Å². The molecule has 1 aromatic carbocycles. The van der Waals surface area contributed by atoms with Crippen molar-refractivity contribution in [2.75, 3.05) is 11.9 Å². The molecule has 0 spiro atoms. The molecule has 102 valence electrons. The minimum atomic E-state index is -0.0120. The molecule has 4 nitrogen and oxygen atoms in total. The first-order valence-corrected chi connectivity index (χ1v) is 6.50. The van der Waals surface area contributed by atoms with Crippen molar-refractivity contribution in [3.05, 3.63) is 46.1 Å². The fourth-order valence-corrected chi connectivity index (χ4v) is 2.50. The Morgan fingerprint density at radius 2 is 2.05 bits per heavy atom. The maximum atomic E-state index is 9.48. The lowest BCUT2D eigenvalue weighted by Gasteiger charge is -2.21. The molecule has 1 N–H and O–H groups in total. The molecule has 0 amide bonds. The zero-order chi connectivity index (χ0) is 14.0. The van der Waals surface area contributed by atoms with Crippen LogP contribution in [0.1, 0.15) is 16.8 Å². The predicted molar refractivity (Wildman–Crippen MR) is 77.4 cm³/mol. The molecule has 19 heavy (non-hydrogen) atoms. The van der Waals surface area contributed by atoms with Crippen molar-refractivity contribution >= 4 is 17.4 Å². The molecule has 2 rings (SSSR count). The molecule has 0 unspecified atom stereocenters. The highest BCUT2D eigenvalue weighted by Gasteiger charge is 2.16. The third-order valence-corrected chi connectivity index (χ3v) is 3.57. The molecular weight excluding hydrogens is 262 g/mol. The van der Waals surface area contributed by atoms with Crippen LogP contribution in [0.4, 0.5) is 5.82 Å². The van der Waals surface area contributed by atoms with Crippen molar-refractivity contribution in [2.24, 2.45) is 7.05 Å². The lowest BCUT2D eigenvalue weighted by molar-refractivity contribution is 0.281. The Balaban J connectivity index is 2.30. The Bertz CT molecular complexity index is 580. The first-order chi connectivity index (χ1) is 9.04. The van der Waals surface area contributed by atoms with Gasteiger partial charge in [0.1, 0.15) is 5.82 Å². The summed E-state index contributed by atoms with van der Waals surface area (Å²) in [5.41, 5.74) is 2.76. The van der Waals surface area contributed by atoms with E-state index in [1.807, 2.05) is 50.2 Å². The highest BCUT2D eigenvalue weighted by Crippen LogP contribution is 2.25. The topological polar surface area (TPSA) is 41.3 Å². The summed E-state index contributed by atoms with van der Waals surface area (Å²) in [7, 11) is 3.85. The number of aliphatic hydroxyl groups excluding tert-OH is 1. The molecule has 0 aliphatic rings. The Morgan fingerprint density at radius 3 is 2.68 bits per heavy atom. The van der Waals surface area contributed by atoms with E-state index in [2.05, 4.69) is 5.10 Å². The summed E-state index contributed by atoms with van der Waals surface area (Å²) >= 11 is 6.18. The van der Waals surface area contributed by atoms with Crippen LogP contribution < -0.4 is 4.90 Å². The summed E-state index contributed by atoms with van der Waals surface area (Å²) in [6.45, 7) is 2.56. The van der Waals surface area contributed by atoms with Crippen molar-refractivity contribution in [3.8, 4) is 0 Å². The molecule has 2 aromatic rings. The molecule has 0 saturated heterocycles. The highest BCUT2D eigenvalue weighted by atomic mass is 35.5. The van der Waals surface area contributed by atoms with Gasteiger partial charge in [-0.3, -0.25) is 4.68 Å². The predicted octanol–water partition coefficient (Wildman–Crippen LogP) is 2.51. The van der Waals surface area contributed by atoms with Gasteiger partial charge in [0.05, 0.1) is 12.3 Å². The number of halogens is 1. The van der Waals surface area contributed by atoms with Gasteiger partial charge in [0.2, 0.25) is 0 Å². The van der Waals surface area contributed by atoms with Gasteiger partial charge < -0.3 is 10.0 Å². The van der Waals surface area contributed by atoms with Gasteiger partial charge >= 0.3 is 0 Å². The molecule has 0 aliphatic carbocycles. The van der Waals surface area contributed by atoms with E-state index in [1.165, 1.54) is 0 Å². The Hall–Kier alpha value is -1.52. The van der Waals surface area contributed by atoms with Crippen molar-refractivity contribution in [2.45, 2.75) is 20.1 Å². The summed E-state index contributed by atoms with van der Waals surface area (Å²) in [5, 5.41) is 14.6. The van der Waals surface area contributed by atoms with Gasteiger partial charge in [0.15, 0.2) is 0 Å². The summed E-state index contributed by atoms with van der Waals surface area (Å²) in [6.07, 6.45) is 0. The first kappa shape index (κ1) is 13.9. The van der Waals surface area contributed by atoms with Gasteiger partial charge in [0.25, 0.3) is 0 Å².